The average molecular weight is 645 g/mol. The van der Waals surface area contributed by atoms with Gasteiger partial charge in [-0.1, -0.05) is 97.7 Å². The van der Waals surface area contributed by atoms with E-state index in [9.17, 15) is 10.2 Å². The minimum absolute atomic E-state index is 0.0714. The number of aliphatic hydroxyl groups is 2. The van der Waals surface area contributed by atoms with Crippen LogP contribution in [0, 0.1) is 5.41 Å². The molecule has 0 fully saturated rings. The second-order valence-corrected chi connectivity index (χ2v) is 14.9. The molecular weight excluding hydrogens is 581 g/mol. The number of aromatic nitrogens is 3. The Bertz CT molecular complexity index is 835. The number of aliphatic hydroxyl groups excluding tert-OH is 2. The fourth-order valence-electron chi connectivity index (χ4n) is 4.44. The minimum Gasteiger partial charge on any atom is -0.391 e. The number of rotatable bonds is 27. The van der Waals surface area contributed by atoms with Gasteiger partial charge < -0.3 is 24.6 Å². The molecule has 0 aliphatic carbocycles. The SMILES string of the molecule is CCCCN(CCCC)c1nc(SCC(O)COCCCCOCC(O)CC(C)(CC)CC)nc(SC(C)(CC)CC)n1. The summed E-state index contributed by atoms with van der Waals surface area (Å²) < 4.78 is 11.5. The van der Waals surface area contributed by atoms with E-state index < -0.39 is 12.2 Å². The van der Waals surface area contributed by atoms with E-state index in [0.717, 1.165) is 94.8 Å². The van der Waals surface area contributed by atoms with Crippen molar-refractivity contribution < 1.29 is 19.7 Å². The monoisotopic (exact) mass is 644 g/mol. The Morgan fingerprint density at radius 3 is 1.77 bits per heavy atom. The van der Waals surface area contributed by atoms with E-state index in [0.29, 0.717) is 30.7 Å². The zero-order valence-corrected chi connectivity index (χ0v) is 30.3. The molecule has 0 spiro atoms. The number of hydrogen-bond acceptors (Lipinski definition) is 10. The molecule has 8 nitrogen and oxygen atoms in total. The molecule has 2 unspecified atom stereocenters. The summed E-state index contributed by atoms with van der Waals surface area (Å²) in [4.78, 5) is 16.9. The first-order chi connectivity index (χ1) is 20.6. The largest absolute Gasteiger partial charge is 0.391 e. The number of unbranched alkanes of at least 4 members (excludes halogenated alkanes) is 3. The smallest absolute Gasteiger partial charge is 0.230 e. The Hall–Kier alpha value is -0.650. The first-order valence-electron chi connectivity index (χ1n) is 16.9. The summed E-state index contributed by atoms with van der Waals surface area (Å²) in [6.45, 7) is 21.4. The lowest BCUT2D eigenvalue weighted by Crippen LogP contribution is -2.28. The maximum Gasteiger partial charge on any atom is 0.230 e. The highest BCUT2D eigenvalue weighted by molar-refractivity contribution is 8.00. The normalized spacial score (nSPS) is 13.8. The maximum absolute atomic E-state index is 10.6. The van der Waals surface area contributed by atoms with Crippen LogP contribution in [0.1, 0.15) is 126 Å². The zero-order chi connectivity index (χ0) is 32.1. The molecule has 1 heterocycles. The highest BCUT2D eigenvalue weighted by Gasteiger charge is 2.25. The predicted octanol–water partition coefficient (Wildman–Crippen LogP) is 7.79. The van der Waals surface area contributed by atoms with Gasteiger partial charge in [-0.2, -0.15) is 15.0 Å². The Kier molecular flexibility index (Phi) is 21.4. The summed E-state index contributed by atoms with van der Waals surface area (Å²) in [5.41, 5.74) is 0.179. The number of anilines is 1. The van der Waals surface area contributed by atoms with Crippen LogP contribution in [0.15, 0.2) is 10.3 Å². The van der Waals surface area contributed by atoms with Crippen LogP contribution in [-0.2, 0) is 9.47 Å². The van der Waals surface area contributed by atoms with Crippen molar-refractivity contribution in [3.05, 3.63) is 0 Å². The molecule has 0 aliphatic heterocycles. The topological polar surface area (TPSA) is 101 Å². The Labute approximate surface area is 272 Å². The molecule has 2 N–H and O–H groups in total. The standard InChI is InChI=1S/C33H64N4O4S2/c1-9-15-19-37(20-16-10-2)29-34-30(36-31(35-29)43-33(8,13-5)14-6)42-26-28(39)25-41-22-18-17-21-40-24-27(38)23-32(7,11-3)12-4/h27-28,38-39H,9-26H2,1-8H3. The summed E-state index contributed by atoms with van der Waals surface area (Å²) in [6.07, 6.45) is 10.1. The summed E-state index contributed by atoms with van der Waals surface area (Å²) in [7, 11) is 0. The summed E-state index contributed by atoms with van der Waals surface area (Å²) >= 11 is 3.21. The first kappa shape index (κ1) is 40.4. The van der Waals surface area contributed by atoms with Crippen LogP contribution in [0.2, 0.25) is 0 Å². The van der Waals surface area contributed by atoms with Crippen molar-refractivity contribution in [1.82, 2.24) is 15.0 Å². The summed E-state index contributed by atoms with van der Waals surface area (Å²) in [5, 5.41) is 22.3. The molecule has 0 radical (unpaired) electrons. The predicted molar refractivity (Wildman–Crippen MR) is 184 cm³/mol. The van der Waals surface area contributed by atoms with Gasteiger partial charge in [0.1, 0.15) is 0 Å². The van der Waals surface area contributed by atoms with Crippen LogP contribution in [0.3, 0.4) is 0 Å². The molecule has 1 rings (SSSR count). The van der Waals surface area contributed by atoms with E-state index in [1.54, 1.807) is 11.8 Å². The van der Waals surface area contributed by atoms with Crippen LogP contribution >= 0.6 is 23.5 Å². The summed E-state index contributed by atoms with van der Waals surface area (Å²) in [5.74, 6) is 1.22. The molecule has 0 aliphatic rings. The van der Waals surface area contributed by atoms with Gasteiger partial charge in [0, 0.05) is 36.8 Å². The molecule has 252 valence electrons. The van der Waals surface area contributed by atoms with Crippen LogP contribution in [0.4, 0.5) is 5.95 Å². The van der Waals surface area contributed by atoms with Crippen molar-refractivity contribution >= 4 is 29.5 Å². The third-order valence-electron chi connectivity index (χ3n) is 8.55. The maximum atomic E-state index is 10.6. The fraction of sp³-hybridized carbons (Fsp3) is 0.909. The van der Waals surface area contributed by atoms with Crippen molar-refractivity contribution in [2.75, 3.05) is 50.2 Å². The fourth-order valence-corrected chi connectivity index (χ4v) is 6.22. The minimum atomic E-state index is -0.605. The van der Waals surface area contributed by atoms with Crippen LogP contribution in [0.25, 0.3) is 0 Å². The van der Waals surface area contributed by atoms with Crippen LogP contribution < -0.4 is 4.90 Å². The number of hydrogen-bond donors (Lipinski definition) is 2. The second kappa shape index (κ2) is 22.8. The molecule has 2 atom stereocenters. The van der Waals surface area contributed by atoms with E-state index in [2.05, 4.69) is 60.3 Å². The molecule has 0 amide bonds. The third kappa shape index (κ3) is 17.0. The molecule has 1 aromatic heterocycles. The van der Waals surface area contributed by atoms with Crippen molar-refractivity contribution in [1.29, 1.82) is 0 Å². The van der Waals surface area contributed by atoms with E-state index in [1.165, 1.54) is 11.8 Å². The van der Waals surface area contributed by atoms with E-state index in [1.807, 2.05) is 0 Å². The quantitative estimate of drug-likeness (QED) is 0.0729. The van der Waals surface area contributed by atoms with Gasteiger partial charge in [-0.15, -0.1) is 0 Å². The Balaban J connectivity index is 2.58. The lowest BCUT2D eigenvalue weighted by atomic mass is 9.80. The highest BCUT2D eigenvalue weighted by Crippen LogP contribution is 2.37. The Morgan fingerprint density at radius 2 is 1.26 bits per heavy atom. The lowest BCUT2D eigenvalue weighted by molar-refractivity contribution is 0.00456. The van der Waals surface area contributed by atoms with Gasteiger partial charge in [0.25, 0.3) is 0 Å². The molecule has 0 bridgehead atoms. The lowest BCUT2D eigenvalue weighted by Gasteiger charge is -2.29. The van der Waals surface area contributed by atoms with Crippen LogP contribution in [0.5, 0.6) is 0 Å². The van der Waals surface area contributed by atoms with Crippen molar-refractivity contribution in [2.24, 2.45) is 5.41 Å². The average Bonchev–Trinajstić information content (AvgIpc) is 3.01. The first-order valence-corrected chi connectivity index (χ1v) is 18.7. The van der Waals surface area contributed by atoms with Gasteiger partial charge in [0.15, 0.2) is 10.3 Å². The third-order valence-corrected chi connectivity index (χ3v) is 11.0. The number of ether oxygens (including phenoxy) is 2. The van der Waals surface area contributed by atoms with E-state index in [4.69, 9.17) is 24.4 Å². The zero-order valence-electron chi connectivity index (χ0n) is 28.7. The summed E-state index contributed by atoms with van der Waals surface area (Å²) in [6, 6.07) is 0. The van der Waals surface area contributed by atoms with Gasteiger partial charge in [-0.3, -0.25) is 0 Å². The van der Waals surface area contributed by atoms with Crippen molar-refractivity contribution in [3.63, 3.8) is 0 Å². The second-order valence-electron chi connectivity index (χ2n) is 12.4. The van der Waals surface area contributed by atoms with E-state index in [-0.39, 0.29) is 16.8 Å². The molecule has 10 heteroatoms. The highest BCUT2D eigenvalue weighted by atomic mass is 32.2. The molecule has 1 aromatic rings. The van der Waals surface area contributed by atoms with Gasteiger partial charge in [-0.05, 0) is 57.3 Å². The van der Waals surface area contributed by atoms with Gasteiger partial charge in [0.2, 0.25) is 5.95 Å². The Morgan fingerprint density at radius 1 is 0.721 bits per heavy atom. The molecule has 0 saturated heterocycles. The number of nitrogens with zero attached hydrogens (tertiary/aromatic N) is 4. The molecule has 0 saturated carbocycles. The van der Waals surface area contributed by atoms with Gasteiger partial charge in [-0.25, -0.2) is 0 Å². The van der Waals surface area contributed by atoms with E-state index >= 15 is 0 Å². The molecular formula is C33H64N4O4S2. The molecule has 0 aromatic carbocycles. The molecule has 43 heavy (non-hydrogen) atoms. The van der Waals surface area contributed by atoms with Gasteiger partial charge >= 0.3 is 0 Å². The van der Waals surface area contributed by atoms with Crippen LogP contribution in [-0.4, -0.2) is 87.4 Å². The van der Waals surface area contributed by atoms with Crippen molar-refractivity contribution in [2.45, 2.75) is 153 Å². The number of thioether (sulfide) groups is 2. The van der Waals surface area contributed by atoms with Gasteiger partial charge in [0.05, 0.1) is 25.4 Å². The van der Waals surface area contributed by atoms with Crippen molar-refractivity contribution in [3.8, 4) is 0 Å².